The Kier molecular flexibility index (Phi) is 5.50. The predicted octanol–water partition coefficient (Wildman–Crippen LogP) is 4.42. The zero-order valence-corrected chi connectivity index (χ0v) is 13.6. The van der Waals surface area contributed by atoms with E-state index in [9.17, 15) is 13.6 Å². The molecule has 0 aromatic heterocycles. The Morgan fingerprint density at radius 2 is 1.95 bits per heavy atom. The second-order valence-electron chi connectivity index (χ2n) is 5.67. The Labute approximate surface area is 133 Å². The molecule has 0 bridgehead atoms. The fourth-order valence-electron chi connectivity index (χ4n) is 1.96. The van der Waals surface area contributed by atoms with Gasteiger partial charge in [0.05, 0.1) is 0 Å². The number of carbonyl (C=O) groups excluding carboxylic acids is 1. The van der Waals surface area contributed by atoms with E-state index in [1.807, 2.05) is 20.8 Å². The third kappa shape index (κ3) is 4.48. The fraction of sp³-hybridized carbons (Fsp3) is 0.500. The number of nitrogens with one attached hydrogen (secondary N) is 1. The average molecular weight is 338 g/mol. The van der Waals surface area contributed by atoms with Gasteiger partial charge in [-0.1, -0.05) is 39.0 Å². The molecule has 1 aliphatic heterocycles. The number of ether oxygens (including phenoxy) is 1. The number of benzene rings is 1. The molecule has 7 heteroatoms. The first kappa shape index (κ1) is 18.0. The van der Waals surface area contributed by atoms with Crippen molar-refractivity contribution in [2.75, 3.05) is 6.61 Å². The molecule has 21 heavy (non-hydrogen) atoms. The van der Waals surface area contributed by atoms with Crippen LogP contribution in [0.1, 0.15) is 32.4 Å². The molecule has 2 rings (SSSR count). The second-order valence-corrected chi connectivity index (χ2v) is 7.54. The van der Waals surface area contributed by atoms with Gasteiger partial charge in [-0.25, -0.2) is 13.6 Å². The van der Waals surface area contributed by atoms with E-state index >= 15 is 0 Å². The van der Waals surface area contributed by atoms with E-state index in [1.54, 1.807) is 24.3 Å². The van der Waals surface area contributed by atoms with E-state index in [2.05, 4.69) is 10.1 Å². The van der Waals surface area contributed by atoms with Gasteiger partial charge in [0.25, 0.3) is 0 Å². The van der Waals surface area contributed by atoms with E-state index in [-0.39, 0.29) is 17.2 Å². The smallest absolute Gasteiger partial charge is 0.408 e. The fourth-order valence-corrected chi connectivity index (χ4v) is 3.07. The van der Waals surface area contributed by atoms with E-state index in [0.29, 0.717) is 5.56 Å². The molecular weight excluding hydrogens is 320 g/mol. The van der Waals surface area contributed by atoms with Crippen LogP contribution in [0.3, 0.4) is 0 Å². The first-order valence-corrected chi connectivity index (χ1v) is 7.10. The monoisotopic (exact) mass is 337 g/mol. The number of hydrogen-bond donors (Lipinski definition) is 1. The van der Waals surface area contributed by atoms with E-state index in [4.69, 9.17) is 0 Å². The number of alkyl carbamates (subject to hydrolysis) is 1. The van der Waals surface area contributed by atoms with Crippen molar-refractivity contribution in [3.8, 4) is 0 Å². The predicted molar refractivity (Wildman–Crippen MR) is 81.5 cm³/mol. The molecule has 0 aliphatic carbocycles. The Bertz CT molecular complexity index is 520. The normalized spacial score (nSPS) is 21.0. The molecule has 0 saturated carbocycles. The van der Waals surface area contributed by atoms with Gasteiger partial charge >= 0.3 is 12.0 Å². The third-order valence-corrected chi connectivity index (χ3v) is 3.93. The van der Waals surface area contributed by atoms with E-state index in [0.717, 1.165) is 4.90 Å². The second kappa shape index (κ2) is 6.40. The average Bonchev–Trinajstić information content (AvgIpc) is 2.31. The van der Waals surface area contributed by atoms with Gasteiger partial charge in [-0.3, -0.25) is 0 Å². The minimum absolute atomic E-state index is 0. The van der Waals surface area contributed by atoms with Crippen molar-refractivity contribution in [2.45, 2.75) is 42.4 Å². The van der Waals surface area contributed by atoms with Crippen LogP contribution >= 0.6 is 24.2 Å². The lowest BCUT2D eigenvalue weighted by molar-refractivity contribution is -0.104. The van der Waals surface area contributed by atoms with Crippen molar-refractivity contribution in [2.24, 2.45) is 0 Å². The highest BCUT2D eigenvalue weighted by molar-refractivity contribution is 8.00. The topological polar surface area (TPSA) is 38.3 Å². The zero-order chi connectivity index (χ0) is 15.0. The number of alkyl halides is 2. The minimum atomic E-state index is -3.12. The molecule has 1 N–H and O–H groups in total. The van der Waals surface area contributed by atoms with Crippen molar-refractivity contribution in [1.29, 1.82) is 0 Å². The number of thioether (sulfide) groups is 1. The molecular formula is C14H18ClF2NO2S. The van der Waals surface area contributed by atoms with E-state index in [1.165, 1.54) is 11.8 Å². The van der Waals surface area contributed by atoms with Crippen molar-refractivity contribution >= 4 is 30.3 Å². The van der Waals surface area contributed by atoms with Crippen LogP contribution in [0.4, 0.5) is 13.6 Å². The summed E-state index contributed by atoms with van der Waals surface area (Å²) in [7, 11) is 0. The number of cyclic esters (lactones) is 1. The van der Waals surface area contributed by atoms with Crippen molar-refractivity contribution in [3.63, 3.8) is 0 Å². The number of rotatable bonds is 2. The summed E-state index contributed by atoms with van der Waals surface area (Å²) in [6.07, 6.45) is -0.809. The summed E-state index contributed by atoms with van der Waals surface area (Å²) in [4.78, 5) is 12.0. The van der Waals surface area contributed by atoms with Gasteiger partial charge < -0.3 is 10.1 Å². The van der Waals surface area contributed by atoms with Crippen LogP contribution in [0.25, 0.3) is 0 Å². The molecule has 1 saturated heterocycles. The quantitative estimate of drug-likeness (QED) is 0.812. The largest absolute Gasteiger partial charge is 0.443 e. The Morgan fingerprint density at radius 1 is 1.33 bits per heavy atom. The highest BCUT2D eigenvalue weighted by atomic mass is 35.5. The summed E-state index contributed by atoms with van der Waals surface area (Å²) < 4.78 is 32.3. The minimum Gasteiger partial charge on any atom is -0.443 e. The van der Waals surface area contributed by atoms with Crippen molar-refractivity contribution in [3.05, 3.63) is 29.8 Å². The highest BCUT2D eigenvalue weighted by Crippen LogP contribution is 2.41. The van der Waals surface area contributed by atoms with Crippen LogP contribution in [-0.2, 0) is 4.74 Å². The highest BCUT2D eigenvalue weighted by Gasteiger charge is 2.47. The van der Waals surface area contributed by atoms with Crippen molar-refractivity contribution in [1.82, 2.24) is 5.32 Å². The lowest BCUT2D eigenvalue weighted by Crippen LogP contribution is -2.49. The van der Waals surface area contributed by atoms with Crippen LogP contribution in [0.15, 0.2) is 29.2 Å². The first-order valence-electron chi connectivity index (χ1n) is 6.28. The number of halogens is 3. The van der Waals surface area contributed by atoms with Crippen LogP contribution < -0.4 is 5.32 Å². The maximum Gasteiger partial charge on any atom is 0.408 e. The van der Waals surface area contributed by atoms with Gasteiger partial charge in [-0.05, 0) is 11.6 Å². The summed E-state index contributed by atoms with van der Waals surface area (Å²) >= 11 is 1.50. The molecule has 0 spiro atoms. The molecule has 1 aromatic carbocycles. The van der Waals surface area contributed by atoms with Gasteiger partial charge in [0, 0.05) is 9.64 Å². The molecule has 3 nitrogen and oxygen atoms in total. The Morgan fingerprint density at radius 3 is 2.57 bits per heavy atom. The maximum absolute atomic E-state index is 14.0. The van der Waals surface area contributed by atoms with E-state index < -0.39 is 24.7 Å². The molecule has 1 atom stereocenters. The van der Waals surface area contributed by atoms with Gasteiger partial charge in [-0.15, -0.1) is 24.2 Å². The van der Waals surface area contributed by atoms with Gasteiger partial charge in [-0.2, -0.15) is 0 Å². The van der Waals surface area contributed by atoms with Crippen LogP contribution in [0.5, 0.6) is 0 Å². The van der Waals surface area contributed by atoms with Crippen molar-refractivity contribution < 1.29 is 18.3 Å². The first-order chi connectivity index (χ1) is 9.19. The van der Waals surface area contributed by atoms with Gasteiger partial charge in [0.1, 0.15) is 6.04 Å². The summed E-state index contributed by atoms with van der Waals surface area (Å²) in [6, 6.07) is 5.56. The number of carbonyl (C=O) groups is 1. The SMILES string of the molecule is CC(C)(C)Sc1ccccc1[C@@H]1NC(=O)OCC1(F)F.Cl. The number of amides is 1. The molecule has 118 valence electrons. The lowest BCUT2D eigenvalue weighted by atomic mass is 10.00. The third-order valence-electron chi connectivity index (χ3n) is 2.73. The molecule has 0 radical (unpaired) electrons. The molecule has 1 aliphatic rings. The lowest BCUT2D eigenvalue weighted by Gasteiger charge is -2.33. The van der Waals surface area contributed by atoms with Crippen LogP contribution in [0.2, 0.25) is 0 Å². The Hall–Kier alpha value is -1.01. The Balaban J connectivity index is 0.00000220. The molecule has 0 unspecified atom stereocenters. The molecule has 1 aromatic rings. The molecule has 1 heterocycles. The summed E-state index contributed by atoms with van der Waals surface area (Å²) in [5.41, 5.74) is 0.425. The zero-order valence-electron chi connectivity index (χ0n) is 12.0. The van der Waals surface area contributed by atoms with Gasteiger partial charge in [0.2, 0.25) is 0 Å². The summed E-state index contributed by atoms with van der Waals surface area (Å²) in [6.45, 7) is 5.14. The molecule has 1 fully saturated rings. The van der Waals surface area contributed by atoms with Crippen LogP contribution in [-0.4, -0.2) is 23.4 Å². The number of hydrogen-bond acceptors (Lipinski definition) is 3. The van der Waals surface area contributed by atoms with Crippen LogP contribution in [0, 0.1) is 0 Å². The maximum atomic E-state index is 14.0. The summed E-state index contributed by atoms with van der Waals surface area (Å²) in [5, 5.41) is 2.22. The van der Waals surface area contributed by atoms with Gasteiger partial charge in [0.15, 0.2) is 6.61 Å². The standard InChI is InChI=1S/C14H17F2NO2S.ClH/c1-13(2,3)20-10-7-5-4-6-9(10)11-14(15,16)8-19-12(18)17-11;/h4-7,11H,8H2,1-3H3,(H,17,18);1H/t11-;/m0./s1. The molecule has 1 amide bonds. The summed E-state index contributed by atoms with van der Waals surface area (Å²) in [5.74, 6) is -3.12.